The monoisotopic (exact) mass is 274 g/mol. The van der Waals surface area contributed by atoms with Gasteiger partial charge in [0.1, 0.15) is 5.75 Å². The fourth-order valence-corrected chi connectivity index (χ4v) is 3.71. The van der Waals surface area contributed by atoms with Crippen LogP contribution in [0.15, 0.2) is 18.5 Å². The average Bonchev–Trinajstić information content (AvgIpc) is 2.48. The molecule has 4 heteroatoms. The molecule has 4 nitrogen and oxygen atoms in total. The molecule has 2 heterocycles. The quantitative estimate of drug-likeness (QED) is 0.856. The van der Waals surface area contributed by atoms with Gasteiger partial charge in [0, 0.05) is 19.3 Å². The van der Waals surface area contributed by atoms with Crippen molar-refractivity contribution >= 4 is 5.91 Å². The molecule has 0 unspecified atom stereocenters. The fourth-order valence-electron chi connectivity index (χ4n) is 3.71. The number of nitrogens with zero attached hydrogens (tertiary/aromatic N) is 2. The Balaban J connectivity index is 1.64. The van der Waals surface area contributed by atoms with Crippen LogP contribution in [0, 0.1) is 5.41 Å². The summed E-state index contributed by atoms with van der Waals surface area (Å²) >= 11 is 0. The largest absolute Gasteiger partial charge is 0.506 e. The van der Waals surface area contributed by atoms with Crippen LogP contribution in [0.2, 0.25) is 0 Å². The summed E-state index contributed by atoms with van der Waals surface area (Å²) < 4.78 is 0. The van der Waals surface area contributed by atoms with Gasteiger partial charge in [0.05, 0.1) is 11.8 Å². The van der Waals surface area contributed by atoms with E-state index in [2.05, 4.69) is 4.98 Å². The summed E-state index contributed by atoms with van der Waals surface area (Å²) in [5.41, 5.74) is 0.996. The van der Waals surface area contributed by atoms with Gasteiger partial charge in [-0.3, -0.25) is 9.78 Å². The van der Waals surface area contributed by atoms with E-state index in [1.165, 1.54) is 50.6 Å². The van der Waals surface area contributed by atoms with Crippen LogP contribution in [-0.2, 0) is 0 Å². The minimum absolute atomic E-state index is 0.000871. The average molecular weight is 274 g/mol. The van der Waals surface area contributed by atoms with E-state index in [0.717, 1.165) is 25.9 Å². The minimum Gasteiger partial charge on any atom is -0.506 e. The van der Waals surface area contributed by atoms with Crippen LogP contribution in [-0.4, -0.2) is 34.0 Å². The Labute approximate surface area is 119 Å². The summed E-state index contributed by atoms with van der Waals surface area (Å²) in [6, 6.07) is 1.50. The Morgan fingerprint density at radius 2 is 1.80 bits per heavy atom. The Morgan fingerprint density at radius 3 is 2.45 bits per heavy atom. The number of hydrogen-bond acceptors (Lipinski definition) is 3. The summed E-state index contributed by atoms with van der Waals surface area (Å²) in [4.78, 5) is 18.2. The fraction of sp³-hybridized carbons (Fsp3) is 0.625. The molecule has 0 radical (unpaired) electrons. The molecular formula is C16H22N2O2. The lowest BCUT2D eigenvalue weighted by Crippen LogP contribution is -2.43. The lowest BCUT2D eigenvalue weighted by atomic mass is 9.68. The molecule has 1 aromatic heterocycles. The summed E-state index contributed by atoms with van der Waals surface area (Å²) in [6.07, 6.45) is 11.9. The number of hydrogen-bond donors (Lipinski definition) is 1. The van der Waals surface area contributed by atoms with Crippen LogP contribution in [0.3, 0.4) is 0 Å². The van der Waals surface area contributed by atoms with Crippen molar-refractivity contribution in [3.05, 3.63) is 24.0 Å². The maximum atomic E-state index is 12.4. The molecule has 0 atom stereocenters. The normalized spacial score (nSPS) is 21.9. The van der Waals surface area contributed by atoms with Gasteiger partial charge in [-0.1, -0.05) is 19.3 Å². The lowest BCUT2D eigenvalue weighted by molar-refractivity contribution is 0.0471. The van der Waals surface area contributed by atoms with Crippen LogP contribution in [0.4, 0.5) is 0 Å². The molecular weight excluding hydrogens is 252 g/mol. The molecule has 1 aromatic rings. The van der Waals surface area contributed by atoms with E-state index in [4.69, 9.17) is 0 Å². The van der Waals surface area contributed by atoms with Crippen molar-refractivity contribution in [2.75, 3.05) is 13.1 Å². The molecule has 1 aliphatic heterocycles. The van der Waals surface area contributed by atoms with Gasteiger partial charge < -0.3 is 10.0 Å². The number of aromatic hydroxyl groups is 1. The second-order valence-corrected chi connectivity index (χ2v) is 6.28. The number of likely N-dealkylation sites (tertiary alicyclic amines) is 1. The molecule has 2 fully saturated rings. The second kappa shape index (κ2) is 5.43. The Morgan fingerprint density at radius 1 is 1.10 bits per heavy atom. The highest BCUT2D eigenvalue weighted by Gasteiger charge is 2.36. The third kappa shape index (κ3) is 2.65. The number of amides is 1. The van der Waals surface area contributed by atoms with Crippen molar-refractivity contribution in [1.82, 2.24) is 9.88 Å². The summed E-state index contributed by atoms with van der Waals surface area (Å²) in [7, 11) is 0. The lowest BCUT2D eigenvalue weighted by Gasteiger charge is -2.44. The Hall–Kier alpha value is -1.58. The summed E-state index contributed by atoms with van der Waals surface area (Å²) in [6.45, 7) is 1.68. The van der Waals surface area contributed by atoms with Gasteiger partial charge in [-0.05, 0) is 37.2 Å². The van der Waals surface area contributed by atoms with Crippen molar-refractivity contribution < 1.29 is 9.90 Å². The molecule has 108 valence electrons. The van der Waals surface area contributed by atoms with Crippen molar-refractivity contribution in [2.24, 2.45) is 5.41 Å². The molecule has 1 N–H and O–H groups in total. The summed E-state index contributed by atoms with van der Waals surface area (Å²) in [5, 5.41) is 9.43. The predicted molar refractivity (Wildman–Crippen MR) is 76.6 cm³/mol. The van der Waals surface area contributed by atoms with Crippen LogP contribution in [0.25, 0.3) is 0 Å². The van der Waals surface area contributed by atoms with Crippen molar-refractivity contribution in [2.45, 2.75) is 44.9 Å². The van der Waals surface area contributed by atoms with E-state index in [1.54, 1.807) is 0 Å². The van der Waals surface area contributed by atoms with Crippen molar-refractivity contribution in [3.8, 4) is 5.75 Å². The predicted octanol–water partition coefficient (Wildman–Crippen LogP) is 2.97. The van der Waals surface area contributed by atoms with Crippen LogP contribution < -0.4 is 0 Å². The van der Waals surface area contributed by atoms with E-state index in [-0.39, 0.29) is 11.7 Å². The van der Waals surface area contributed by atoms with Crippen LogP contribution >= 0.6 is 0 Å². The second-order valence-electron chi connectivity index (χ2n) is 6.28. The van der Waals surface area contributed by atoms with Crippen molar-refractivity contribution in [1.29, 1.82) is 0 Å². The van der Waals surface area contributed by atoms with Gasteiger partial charge >= 0.3 is 0 Å². The minimum atomic E-state index is -0.000871. The third-order valence-electron chi connectivity index (χ3n) is 5.00. The first kappa shape index (κ1) is 13.4. The number of rotatable bonds is 1. The summed E-state index contributed by atoms with van der Waals surface area (Å²) in [5.74, 6) is 0.0515. The standard InChI is InChI=1S/C16H22N2O2/c19-14-10-13(11-17-12-14)15(20)18-8-6-16(7-9-18)4-2-1-3-5-16/h10-12,19H,1-9H2. The van der Waals surface area contributed by atoms with E-state index in [1.807, 2.05) is 4.90 Å². The zero-order chi connectivity index (χ0) is 14.0. The zero-order valence-corrected chi connectivity index (χ0v) is 11.8. The first-order valence-corrected chi connectivity index (χ1v) is 7.62. The van der Waals surface area contributed by atoms with Gasteiger partial charge in [0.15, 0.2) is 0 Å². The van der Waals surface area contributed by atoms with Gasteiger partial charge in [0.2, 0.25) is 0 Å². The highest BCUT2D eigenvalue weighted by Crippen LogP contribution is 2.44. The molecule has 1 amide bonds. The molecule has 3 rings (SSSR count). The number of aromatic nitrogens is 1. The number of carbonyl (C=O) groups is 1. The number of piperidine rings is 1. The topological polar surface area (TPSA) is 53.4 Å². The van der Waals surface area contributed by atoms with Crippen LogP contribution in [0.5, 0.6) is 5.75 Å². The highest BCUT2D eigenvalue weighted by atomic mass is 16.3. The van der Waals surface area contributed by atoms with Crippen LogP contribution in [0.1, 0.15) is 55.3 Å². The van der Waals surface area contributed by atoms with E-state index < -0.39 is 0 Å². The molecule has 1 spiro atoms. The highest BCUT2D eigenvalue weighted by molar-refractivity contribution is 5.94. The first-order chi connectivity index (χ1) is 9.69. The van der Waals surface area contributed by atoms with Gasteiger partial charge in [-0.15, -0.1) is 0 Å². The van der Waals surface area contributed by atoms with Crippen molar-refractivity contribution in [3.63, 3.8) is 0 Å². The number of pyridine rings is 1. The molecule has 2 aliphatic rings. The first-order valence-electron chi connectivity index (χ1n) is 7.62. The molecule has 1 saturated carbocycles. The molecule has 0 aromatic carbocycles. The van der Waals surface area contributed by atoms with E-state index in [9.17, 15) is 9.90 Å². The third-order valence-corrected chi connectivity index (χ3v) is 5.00. The van der Waals surface area contributed by atoms with E-state index >= 15 is 0 Å². The molecule has 0 bridgehead atoms. The maximum absolute atomic E-state index is 12.4. The molecule has 20 heavy (non-hydrogen) atoms. The SMILES string of the molecule is O=C(c1cncc(O)c1)N1CCC2(CCCCC2)CC1. The number of carbonyl (C=O) groups excluding carboxylic acids is 1. The van der Waals surface area contributed by atoms with Gasteiger partial charge in [-0.2, -0.15) is 0 Å². The Kier molecular flexibility index (Phi) is 3.64. The van der Waals surface area contributed by atoms with Gasteiger partial charge in [-0.25, -0.2) is 0 Å². The molecule has 1 aliphatic carbocycles. The van der Waals surface area contributed by atoms with Gasteiger partial charge in [0.25, 0.3) is 5.91 Å². The zero-order valence-electron chi connectivity index (χ0n) is 11.8. The Bertz CT molecular complexity index is 485. The van der Waals surface area contributed by atoms with E-state index in [0.29, 0.717) is 11.0 Å². The maximum Gasteiger partial charge on any atom is 0.255 e. The smallest absolute Gasteiger partial charge is 0.255 e. The molecule has 1 saturated heterocycles.